The first-order chi connectivity index (χ1) is 13.5. The maximum atomic E-state index is 12.3. The summed E-state index contributed by atoms with van der Waals surface area (Å²) in [6.45, 7) is -0.292. The van der Waals surface area contributed by atoms with E-state index in [1.165, 1.54) is 33.5 Å². The smallest absolute Gasteiger partial charge is 0.336 e. The Labute approximate surface area is 160 Å². The maximum Gasteiger partial charge on any atom is 0.336 e. The average molecular weight is 385 g/mol. The molecule has 146 valence electrons. The van der Waals surface area contributed by atoms with Crippen LogP contribution in [0, 0.1) is 0 Å². The Morgan fingerprint density at radius 3 is 2.43 bits per heavy atom. The van der Waals surface area contributed by atoms with Gasteiger partial charge in [0.05, 0.1) is 27.0 Å². The topological polar surface area (TPSA) is 96.2 Å². The minimum Gasteiger partial charge on any atom is -0.497 e. The molecule has 0 saturated heterocycles. The van der Waals surface area contributed by atoms with Gasteiger partial charge in [0.15, 0.2) is 18.1 Å². The first kappa shape index (κ1) is 19.1. The van der Waals surface area contributed by atoms with Crippen molar-refractivity contribution in [1.82, 2.24) is 0 Å². The van der Waals surface area contributed by atoms with Crippen LogP contribution in [-0.4, -0.2) is 33.8 Å². The Balaban J connectivity index is 1.76. The van der Waals surface area contributed by atoms with Gasteiger partial charge in [0.25, 0.3) is 5.91 Å². The average Bonchev–Trinajstić information content (AvgIpc) is 2.71. The Morgan fingerprint density at radius 1 is 0.929 bits per heavy atom. The molecule has 0 aliphatic heterocycles. The van der Waals surface area contributed by atoms with Crippen LogP contribution in [0.5, 0.6) is 23.0 Å². The first-order valence-corrected chi connectivity index (χ1v) is 8.30. The van der Waals surface area contributed by atoms with Crippen molar-refractivity contribution in [2.75, 3.05) is 33.3 Å². The second-order valence-corrected chi connectivity index (χ2v) is 5.70. The van der Waals surface area contributed by atoms with Gasteiger partial charge < -0.3 is 28.7 Å². The third-order valence-electron chi connectivity index (χ3n) is 3.95. The van der Waals surface area contributed by atoms with Crippen LogP contribution in [-0.2, 0) is 4.79 Å². The van der Waals surface area contributed by atoms with Crippen LogP contribution < -0.4 is 29.9 Å². The summed E-state index contributed by atoms with van der Waals surface area (Å²) < 4.78 is 26.4. The molecule has 3 aromatic rings. The van der Waals surface area contributed by atoms with Crippen LogP contribution >= 0.6 is 0 Å². The number of nitrogens with one attached hydrogen (secondary N) is 1. The number of hydrogen-bond donors (Lipinski definition) is 1. The molecule has 0 radical (unpaired) electrons. The van der Waals surface area contributed by atoms with Gasteiger partial charge in [-0.3, -0.25) is 4.79 Å². The van der Waals surface area contributed by atoms with E-state index in [0.717, 1.165) is 0 Å². The van der Waals surface area contributed by atoms with Gasteiger partial charge in [0.1, 0.15) is 17.1 Å². The molecule has 1 heterocycles. The summed E-state index contributed by atoms with van der Waals surface area (Å²) in [6, 6.07) is 11.2. The molecule has 0 fully saturated rings. The molecule has 0 saturated carbocycles. The summed E-state index contributed by atoms with van der Waals surface area (Å²) in [5, 5.41) is 3.38. The van der Waals surface area contributed by atoms with E-state index >= 15 is 0 Å². The first-order valence-electron chi connectivity index (χ1n) is 8.30. The van der Waals surface area contributed by atoms with Crippen molar-refractivity contribution < 1.29 is 28.2 Å². The molecule has 2 aromatic carbocycles. The van der Waals surface area contributed by atoms with Crippen LogP contribution in [0.15, 0.2) is 51.7 Å². The second kappa shape index (κ2) is 8.34. The van der Waals surface area contributed by atoms with E-state index in [1.807, 2.05) is 0 Å². The van der Waals surface area contributed by atoms with Crippen molar-refractivity contribution in [2.45, 2.75) is 0 Å². The third kappa shape index (κ3) is 4.17. The Kier molecular flexibility index (Phi) is 5.69. The highest BCUT2D eigenvalue weighted by atomic mass is 16.5. The van der Waals surface area contributed by atoms with Gasteiger partial charge >= 0.3 is 5.63 Å². The van der Waals surface area contributed by atoms with Gasteiger partial charge in [-0.2, -0.15) is 0 Å². The number of rotatable bonds is 7. The maximum absolute atomic E-state index is 12.3. The fraction of sp³-hybridized carbons (Fsp3) is 0.200. The van der Waals surface area contributed by atoms with E-state index in [1.54, 1.807) is 30.3 Å². The number of hydrogen-bond acceptors (Lipinski definition) is 7. The summed E-state index contributed by atoms with van der Waals surface area (Å²) in [5.74, 6) is 1.33. The molecule has 0 atom stereocenters. The van der Waals surface area contributed by atoms with Crippen LogP contribution in [0.4, 0.5) is 5.69 Å². The van der Waals surface area contributed by atoms with Gasteiger partial charge in [0.2, 0.25) is 0 Å². The Bertz CT molecular complexity index is 1060. The summed E-state index contributed by atoms with van der Waals surface area (Å²) >= 11 is 0. The number of amides is 1. The number of anilines is 1. The van der Waals surface area contributed by atoms with Crippen LogP contribution in [0.1, 0.15) is 0 Å². The standard InChI is InChI=1S/C20H19NO7/c1-24-13-5-6-15(25-2)14(9-13)21-19(22)11-27-18-10-16-12(8-17(18)26-3)4-7-20(23)28-16/h4-10H,11H2,1-3H3,(H,21,22). The molecule has 1 amide bonds. The molecule has 8 nitrogen and oxygen atoms in total. The summed E-state index contributed by atoms with van der Waals surface area (Å²) in [4.78, 5) is 23.7. The van der Waals surface area contributed by atoms with Gasteiger partial charge in [0, 0.05) is 23.6 Å². The second-order valence-electron chi connectivity index (χ2n) is 5.70. The van der Waals surface area contributed by atoms with Crippen LogP contribution in [0.2, 0.25) is 0 Å². The zero-order valence-electron chi connectivity index (χ0n) is 15.6. The van der Waals surface area contributed by atoms with Gasteiger partial charge in [-0.05, 0) is 24.3 Å². The fourth-order valence-electron chi connectivity index (χ4n) is 2.59. The number of methoxy groups -OCH3 is 3. The zero-order valence-corrected chi connectivity index (χ0v) is 15.6. The van der Waals surface area contributed by atoms with Crippen LogP contribution in [0.3, 0.4) is 0 Å². The molecule has 28 heavy (non-hydrogen) atoms. The number of benzene rings is 2. The summed E-state index contributed by atoms with van der Waals surface area (Å²) in [5.41, 5.74) is 0.302. The Morgan fingerprint density at radius 2 is 1.71 bits per heavy atom. The largest absolute Gasteiger partial charge is 0.497 e. The summed E-state index contributed by atoms with van der Waals surface area (Å²) in [7, 11) is 4.51. The molecule has 0 aliphatic carbocycles. The summed E-state index contributed by atoms with van der Waals surface area (Å²) in [6.07, 6.45) is 0. The molecule has 0 aliphatic rings. The monoisotopic (exact) mass is 385 g/mol. The van der Waals surface area contributed by atoms with Crippen molar-refractivity contribution in [3.63, 3.8) is 0 Å². The van der Waals surface area contributed by atoms with Crippen molar-refractivity contribution >= 4 is 22.6 Å². The van der Waals surface area contributed by atoms with Gasteiger partial charge in [-0.1, -0.05) is 0 Å². The quantitative estimate of drug-likeness (QED) is 0.625. The molecule has 3 rings (SSSR count). The minimum atomic E-state index is -0.480. The Hall–Kier alpha value is -3.68. The highest BCUT2D eigenvalue weighted by molar-refractivity contribution is 5.93. The normalized spacial score (nSPS) is 10.4. The van der Waals surface area contributed by atoms with Crippen molar-refractivity contribution in [1.29, 1.82) is 0 Å². The van der Waals surface area contributed by atoms with Gasteiger partial charge in [-0.15, -0.1) is 0 Å². The predicted molar refractivity (Wildman–Crippen MR) is 103 cm³/mol. The molecule has 0 bridgehead atoms. The molecular weight excluding hydrogens is 366 g/mol. The van der Waals surface area contributed by atoms with E-state index in [0.29, 0.717) is 33.9 Å². The lowest BCUT2D eigenvalue weighted by Gasteiger charge is -2.13. The number of fused-ring (bicyclic) bond motifs is 1. The van der Waals surface area contributed by atoms with E-state index in [9.17, 15) is 9.59 Å². The van der Waals surface area contributed by atoms with Crippen LogP contribution in [0.25, 0.3) is 11.0 Å². The predicted octanol–water partition coefficient (Wildman–Crippen LogP) is 2.84. The highest BCUT2D eigenvalue weighted by Crippen LogP contribution is 2.32. The van der Waals surface area contributed by atoms with E-state index in [2.05, 4.69) is 5.32 Å². The molecule has 1 aromatic heterocycles. The molecule has 0 unspecified atom stereocenters. The number of carbonyl (C=O) groups excluding carboxylic acids is 1. The highest BCUT2D eigenvalue weighted by Gasteiger charge is 2.13. The molecular formula is C20H19NO7. The molecule has 0 spiro atoms. The van der Waals surface area contributed by atoms with Crippen molar-refractivity contribution in [3.05, 3.63) is 52.9 Å². The van der Waals surface area contributed by atoms with E-state index in [4.69, 9.17) is 23.4 Å². The minimum absolute atomic E-state index is 0.275. The lowest BCUT2D eigenvalue weighted by atomic mass is 10.2. The third-order valence-corrected chi connectivity index (χ3v) is 3.95. The van der Waals surface area contributed by atoms with Crippen molar-refractivity contribution in [3.8, 4) is 23.0 Å². The lowest BCUT2D eigenvalue weighted by Crippen LogP contribution is -2.20. The van der Waals surface area contributed by atoms with E-state index in [-0.39, 0.29) is 12.4 Å². The molecule has 1 N–H and O–H groups in total. The van der Waals surface area contributed by atoms with Crippen molar-refractivity contribution in [2.24, 2.45) is 0 Å². The lowest BCUT2D eigenvalue weighted by molar-refractivity contribution is -0.118. The van der Waals surface area contributed by atoms with Gasteiger partial charge in [-0.25, -0.2) is 4.79 Å². The SMILES string of the molecule is COc1ccc(OC)c(NC(=O)COc2cc3oc(=O)ccc3cc2OC)c1. The number of ether oxygens (including phenoxy) is 4. The fourth-order valence-corrected chi connectivity index (χ4v) is 2.59. The zero-order chi connectivity index (χ0) is 20.1. The molecule has 8 heteroatoms. The number of carbonyl (C=O) groups is 1. The van der Waals surface area contributed by atoms with E-state index < -0.39 is 11.5 Å².